The zero-order valence-electron chi connectivity index (χ0n) is 16.1. The molecule has 146 valence electrons. The number of phenolic OH excluding ortho intramolecular Hbond substituents is 1. The van der Waals surface area contributed by atoms with Gasteiger partial charge < -0.3 is 20.1 Å². The summed E-state index contributed by atoms with van der Waals surface area (Å²) in [5, 5.41) is 30.7. The summed E-state index contributed by atoms with van der Waals surface area (Å²) in [5.74, 6) is 0.337. The molecule has 0 fully saturated rings. The van der Waals surface area contributed by atoms with Crippen molar-refractivity contribution >= 4 is 28.7 Å². The Balaban J connectivity index is 2.88. The second-order valence-electron chi connectivity index (χ2n) is 6.86. The number of rotatable bonds is 10. The fourth-order valence-corrected chi connectivity index (χ4v) is 3.54. The number of aliphatic hydroxyl groups excluding tert-OH is 2. The van der Waals surface area contributed by atoms with Gasteiger partial charge in [-0.15, -0.1) is 6.58 Å². The molecule has 0 saturated heterocycles. The average Bonchev–Trinajstić information content (AvgIpc) is 2.61. The van der Waals surface area contributed by atoms with E-state index in [-0.39, 0.29) is 17.6 Å². The largest absolute Gasteiger partial charge is 0.504 e. The van der Waals surface area contributed by atoms with Crippen LogP contribution in [0.1, 0.15) is 45.6 Å². The molecule has 3 N–H and O–H groups in total. The smallest absolute Gasteiger partial charge is 0.171 e. The van der Waals surface area contributed by atoms with Crippen molar-refractivity contribution in [2.75, 3.05) is 7.11 Å². The molecule has 26 heavy (non-hydrogen) atoms. The Morgan fingerprint density at radius 3 is 2.46 bits per heavy atom. The van der Waals surface area contributed by atoms with E-state index in [4.69, 9.17) is 4.74 Å². The summed E-state index contributed by atoms with van der Waals surface area (Å²) < 4.78 is 5.94. The quantitative estimate of drug-likeness (QED) is 0.338. The van der Waals surface area contributed by atoms with Gasteiger partial charge in [-0.05, 0) is 65.5 Å². The third-order valence-electron chi connectivity index (χ3n) is 4.65. The maximum Gasteiger partial charge on any atom is 0.171 e. The predicted octanol–water partition coefficient (Wildman–Crippen LogP) is 4.76. The van der Waals surface area contributed by atoms with Gasteiger partial charge in [-0.3, -0.25) is 0 Å². The van der Waals surface area contributed by atoms with Gasteiger partial charge in [0.05, 0.1) is 22.9 Å². The molecule has 0 spiro atoms. The first-order valence-electron chi connectivity index (χ1n) is 8.99. The van der Waals surface area contributed by atoms with Crippen LogP contribution in [0.2, 0.25) is 0 Å². The molecule has 0 unspecified atom stereocenters. The van der Waals surface area contributed by atoms with Crippen LogP contribution in [0.25, 0.3) is 6.08 Å². The Bertz CT molecular complexity index is 625. The van der Waals surface area contributed by atoms with Gasteiger partial charge in [0, 0.05) is 5.92 Å². The first-order valence-corrected chi connectivity index (χ1v) is 10.1. The summed E-state index contributed by atoms with van der Waals surface area (Å²) in [6.07, 6.45) is 4.64. The van der Waals surface area contributed by atoms with Gasteiger partial charge in [-0.25, -0.2) is 0 Å². The third-order valence-corrected chi connectivity index (χ3v) is 5.47. The fraction of sp³-hybridized carbons (Fsp3) is 0.524. The zero-order valence-corrected chi connectivity index (χ0v) is 18.2. The van der Waals surface area contributed by atoms with Crippen molar-refractivity contribution in [2.45, 2.75) is 52.2 Å². The van der Waals surface area contributed by atoms with Gasteiger partial charge in [0.15, 0.2) is 11.5 Å². The Labute approximate surface area is 170 Å². The van der Waals surface area contributed by atoms with Gasteiger partial charge in [0.1, 0.15) is 0 Å². The molecule has 3 atom stereocenters. The molecule has 0 heterocycles. The summed E-state index contributed by atoms with van der Waals surface area (Å²) in [6.45, 7) is 9.71. The number of ether oxygens (including phenoxy) is 1. The summed E-state index contributed by atoms with van der Waals surface area (Å²) >= 11 is 2.08. The molecule has 1 aromatic carbocycles. The Morgan fingerprint density at radius 1 is 1.31 bits per heavy atom. The van der Waals surface area contributed by atoms with Crippen molar-refractivity contribution in [1.82, 2.24) is 0 Å². The van der Waals surface area contributed by atoms with E-state index < -0.39 is 12.2 Å². The van der Waals surface area contributed by atoms with Crippen LogP contribution in [-0.2, 0) is 0 Å². The maximum atomic E-state index is 10.5. The fourth-order valence-electron chi connectivity index (χ4n) is 2.91. The number of phenols is 1. The second-order valence-corrected chi connectivity index (χ2v) is 8.03. The van der Waals surface area contributed by atoms with Crippen LogP contribution in [0, 0.1) is 15.4 Å². The summed E-state index contributed by atoms with van der Waals surface area (Å²) in [7, 11) is 1.53. The van der Waals surface area contributed by atoms with Crippen LogP contribution in [-0.4, -0.2) is 34.6 Å². The number of aromatic hydroxyl groups is 1. The van der Waals surface area contributed by atoms with Crippen LogP contribution in [0.5, 0.6) is 11.5 Å². The van der Waals surface area contributed by atoms with Crippen molar-refractivity contribution in [3.63, 3.8) is 0 Å². The lowest BCUT2D eigenvalue weighted by atomic mass is 9.86. The highest BCUT2D eigenvalue weighted by molar-refractivity contribution is 14.1. The third kappa shape index (κ3) is 6.28. The van der Waals surface area contributed by atoms with E-state index in [0.29, 0.717) is 12.2 Å². The predicted molar refractivity (Wildman–Crippen MR) is 115 cm³/mol. The van der Waals surface area contributed by atoms with Crippen molar-refractivity contribution in [2.24, 2.45) is 11.8 Å². The molecule has 0 aromatic heterocycles. The molecular weight excluding hydrogens is 443 g/mol. The highest BCUT2D eigenvalue weighted by Gasteiger charge is 2.26. The van der Waals surface area contributed by atoms with Gasteiger partial charge in [0.2, 0.25) is 0 Å². The highest BCUT2D eigenvalue weighted by atomic mass is 127. The van der Waals surface area contributed by atoms with Gasteiger partial charge in [0.25, 0.3) is 0 Å². The van der Waals surface area contributed by atoms with Crippen LogP contribution in [0.4, 0.5) is 0 Å². The molecule has 0 aliphatic carbocycles. The van der Waals surface area contributed by atoms with Gasteiger partial charge in [-0.1, -0.05) is 38.5 Å². The first kappa shape index (κ1) is 23.0. The monoisotopic (exact) mass is 474 g/mol. The number of hydrogen-bond donors (Lipinski definition) is 3. The Hall–Kier alpha value is -1.05. The zero-order chi connectivity index (χ0) is 19.9. The van der Waals surface area contributed by atoms with Crippen LogP contribution < -0.4 is 4.74 Å². The standard InChI is InChI=1S/C21H31IO4/c1-6-14(8-9-18(23)16(7-2)20(24)13(3)4)10-15-11-17(22)21(25)19(12-15)26-5/h7,10-13,16,18,20,23-25H,2,6,8-9H2,1,3-5H3/b14-10+/t16-,18-,20-/m1/s1. The Morgan fingerprint density at radius 2 is 1.96 bits per heavy atom. The van der Waals surface area contributed by atoms with Crippen molar-refractivity contribution in [3.05, 3.63) is 39.5 Å². The maximum absolute atomic E-state index is 10.5. The summed E-state index contributed by atoms with van der Waals surface area (Å²) in [6, 6.07) is 3.71. The summed E-state index contributed by atoms with van der Waals surface area (Å²) in [4.78, 5) is 0. The van der Waals surface area contributed by atoms with Crippen LogP contribution in [0.3, 0.4) is 0 Å². The average molecular weight is 474 g/mol. The van der Waals surface area contributed by atoms with E-state index >= 15 is 0 Å². The normalized spacial score (nSPS) is 15.6. The van der Waals surface area contributed by atoms with Crippen molar-refractivity contribution in [1.29, 1.82) is 0 Å². The van der Waals surface area contributed by atoms with E-state index in [9.17, 15) is 15.3 Å². The topological polar surface area (TPSA) is 69.9 Å². The lowest BCUT2D eigenvalue weighted by Gasteiger charge is -2.27. The van der Waals surface area contributed by atoms with Crippen LogP contribution in [0.15, 0.2) is 30.4 Å². The molecule has 0 saturated carbocycles. The minimum absolute atomic E-state index is 0.0698. The lowest BCUT2D eigenvalue weighted by molar-refractivity contribution is 0.00885. The molecule has 1 aromatic rings. The molecular formula is C21H31IO4. The Kier molecular flexibility index (Phi) is 9.68. The van der Waals surface area contributed by atoms with E-state index in [1.54, 1.807) is 12.1 Å². The van der Waals surface area contributed by atoms with Gasteiger partial charge in [-0.2, -0.15) is 0 Å². The highest BCUT2D eigenvalue weighted by Crippen LogP contribution is 2.33. The van der Waals surface area contributed by atoms with Crippen molar-refractivity contribution in [3.8, 4) is 11.5 Å². The van der Waals surface area contributed by atoms with E-state index in [0.717, 1.165) is 22.0 Å². The van der Waals surface area contributed by atoms with E-state index in [1.807, 2.05) is 19.9 Å². The molecule has 0 amide bonds. The van der Waals surface area contributed by atoms with E-state index in [1.165, 1.54) is 12.7 Å². The first-order chi connectivity index (χ1) is 12.2. The summed E-state index contributed by atoms with van der Waals surface area (Å²) in [5.41, 5.74) is 2.15. The molecule has 0 bridgehead atoms. The number of aliphatic hydroxyl groups is 2. The minimum atomic E-state index is -0.630. The minimum Gasteiger partial charge on any atom is -0.504 e. The van der Waals surface area contributed by atoms with Crippen LogP contribution >= 0.6 is 22.6 Å². The molecule has 5 heteroatoms. The number of benzene rings is 1. The van der Waals surface area contributed by atoms with Crippen molar-refractivity contribution < 1.29 is 20.1 Å². The number of halogens is 1. The molecule has 0 aliphatic heterocycles. The second kappa shape index (κ2) is 10.9. The molecule has 0 radical (unpaired) electrons. The number of hydrogen-bond acceptors (Lipinski definition) is 4. The molecule has 1 rings (SSSR count). The van der Waals surface area contributed by atoms with E-state index in [2.05, 4.69) is 42.2 Å². The SMILES string of the molecule is C=C[C@H]([C@H](O)CC/C(=C/c1cc(I)c(O)c(OC)c1)CC)[C@H](O)C(C)C. The number of methoxy groups -OCH3 is 1. The number of allylic oxidation sites excluding steroid dienone is 1. The molecule has 0 aliphatic rings. The molecule has 4 nitrogen and oxygen atoms in total. The van der Waals surface area contributed by atoms with Gasteiger partial charge >= 0.3 is 0 Å². The lowest BCUT2D eigenvalue weighted by Crippen LogP contribution is -2.33.